The summed E-state index contributed by atoms with van der Waals surface area (Å²) in [5.41, 5.74) is -0.974. The van der Waals surface area contributed by atoms with E-state index in [0.717, 1.165) is 49.5 Å². The highest BCUT2D eigenvalue weighted by Gasteiger charge is 2.36. The number of nitrogens with one attached hydrogen (secondary N) is 1. The highest BCUT2D eigenvalue weighted by atomic mass is 35.5. The quantitative estimate of drug-likeness (QED) is 0.624. The summed E-state index contributed by atoms with van der Waals surface area (Å²) in [4.78, 5) is 17.3. The Morgan fingerprint density at radius 2 is 1.96 bits per heavy atom. The lowest BCUT2D eigenvalue weighted by molar-refractivity contribution is -0.142. The zero-order valence-electron chi connectivity index (χ0n) is 14.6. The molecule has 0 saturated heterocycles. The molecule has 1 fully saturated rings. The second-order valence-corrected chi connectivity index (χ2v) is 8.45. The average Bonchev–Trinajstić information content (AvgIpc) is 3.27. The molecule has 10 heteroatoms. The predicted octanol–water partition coefficient (Wildman–Crippen LogP) is 5.19. The first-order chi connectivity index (χ1) is 13.3. The summed E-state index contributed by atoms with van der Waals surface area (Å²) in [5.74, 6) is -0.480. The first-order valence-electron chi connectivity index (χ1n) is 8.86. The second-order valence-electron chi connectivity index (χ2n) is 6.74. The number of hydrogen-bond donors (Lipinski definition) is 1. The number of aromatic nitrogens is 3. The van der Waals surface area contributed by atoms with E-state index in [1.54, 1.807) is 12.1 Å². The SMILES string of the molecule is O=C(NC1CCCCC1)c1cc2nc(-c3ccc(Cl)s3)cc(C(F)(F)F)n2n1. The molecule has 3 aromatic heterocycles. The molecule has 28 heavy (non-hydrogen) atoms. The van der Waals surface area contributed by atoms with Crippen LogP contribution in [0.1, 0.15) is 48.3 Å². The van der Waals surface area contributed by atoms with Crippen LogP contribution in [-0.4, -0.2) is 26.5 Å². The van der Waals surface area contributed by atoms with E-state index in [1.807, 2.05) is 0 Å². The van der Waals surface area contributed by atoms with Gasteiger partial charge in [-0.15, -0.1) is 11.3 Å². The van der Waals surface area contributed by atoms with Crippen molar-refractivity contribution < 1.29 is 18.0 Å². The van der Waals surface area contributed by atoms with Gasteiger partial charge in [-0.25, -0.2) is 9.50 Å². The Bertz CT molecular complexity index is 1020. The van der Waals surface area contributed by atoms with Crippen LogP contribution in [0, 0.1) is 0 Å². The summed E-state index contributed by atoms with van der Waals surface area (Å²) in [6.45, 7) is 0. The molecule has 1 amide bonds. The Balaban J connectivity index is 1.73. The van der Waals surface area contributed by atoms with Crippen molar-refractivity contribution in [1.82, 2.24) is 19.9 Å². The molecule has 0 spiro atoms. The van der Waals surface area contributed by atoms with Crippen LogP contribution in [0.15, 0.2) is 24.3 Å². The number of alkyl halides is 3. The molecule has 5 nitrogen and oxygen atoms in total. The molecule has 1 N–H and O–H groups in total. The molecule has 3 aromatic rings. The lowest BCUT2D eigenvalue weighted by Gasteiger charge is -2.22. The minimum absolute atomic E-state index is 0.0323. The Hall–Kier alpha value is -2.13. The van der Waals surface area contributed by atoms with Crippen molar-refractivity contribution in [2.45, 2.75) is 44.3 Å². The number of halogens is 4. The minimum atomic E-state index is -4.65. The zero-order chi connectivity index (χ0) is 19.9. The van der Waals surface area contributed by atoms with Gasteiger partial charge in [-0.05, 0) is 31.0 Å². The largest absolute Gasteiger partial charge is 0.433 e. The summed E-state index contributed by atoms with van der Waals surface area (Å²) in [6.07, 6.45) is 0.281. The lowest BCUT2D eigenvalue weighted by atomic mass is 9.95. The first-order valence-corrected chi connectivity index (χ1v) is 10.1. The topological polar surface area (TPSA) is 59.3 Å². The molecular formula is C18H16ClF3N4OS. The van der Waals surface area contributed by atoms with Gasteiger partial charge < -0.3 is 5.32 Å². The number of carbonyl (C=O) groups is 1. The van der Waals surface area contributed by atoms with E-state index in [0.29, 0.717) is 13.7 Å². The fourth-order valence-electron chi connectivity index (χ4n) is 3.37. The van der Waals surface area contributed by atoms with Crippen molar-refractivity contribution in [3.63, 3.8) is 0 Å². The van der Waals surface area contributed by atoms with Crippen LogP contribution >= 0.6 is 22.9 Å². The van der Waals surface area contributed by atoms with E-state index in [4.69, 9.17) is 11.6 Å². The molecule has 4 rings (SSSR count). The van der Waals surface area contributed by atoms with E-state index in [-0.39, 0.29) is 23.1 Å². The molecular weight excluding hydrogens is 413 g/mol. The molecule has 1 aliphatic carbocycles. The van der Waals surface area contributed by atoms with E-state index >= 15 is 0 Å². The van der Waals surface area contributed by atoms with Gasteiger partial charge in [0.15, 0.2) is 17.0 Å². The molecule has 1 saturated carbocycles. The van der Waals surface area contributed by atoms with Gasteiger partial charge in [0.05, 0.1) is 14.9 Å². The number of nitrogens with zero attached hydrogens (tertiary/aromatic N) is 3. The Morgan fingerprint density at radius 3 is 2.61 bits per heavy atom. The minimum Gasteiger partial charge on any atom is -0.348 e. The van der Waals surface area contributed by atoms with Crippen molar-refractivity contribution in [2.75, 3.05) is 0 Å². The maximum absolute atomic E-state index is 13.6. The summed E-state index contributed by atoms with van der Waals surface area (Å²) >= 11 is 7.03. The van der Waals surface area contributed by atoms with Crippen LogP contribution in [0.4, 0.5) is 13.2 Å². The van der Waals surface area contributed by atoms with Gasteiger partial charge in [0.2, 0.25) is 0 Å². The Labute approximate surface area is 167 Å². The molecule has 0 radical (unpaired) electrons. The number of rotatable bonds is 3. The average molecular weight is 429 g/mol. The van der Waals surface area contributed by atoms with E-state index in [2.05, 4.69) is 15.4 Å². The fourth-order valence-corrected chi connectivity index (χ4v) is 4.38. The second kappa shape index (κ2) is 7.36. The number of fused-ring (bicyclic) bond motifs is 1. The number of carbonyl (C=O) groups excluding carboxylic acids is 1. The smallest absolute Gasteiger partial charge is 0.348 e. The highest BCUT2D eigenvalue weighted by molar-refractivity contribution is 7.19. The summed E-state index contributed by atoms with van der Waals surface area (Å²) in [6, 6.07) is 5.45. The normalized spacial score (nSPS) is 15.9. The van der Waals surface area contributed by atoms with Gasteiger partial charge in [0.25, 0.3) is 5.91 Å². The maximum Gasteiger partial charge on any atom is 0.433 e. The molecule has 3 heterocycles. The van der Waals surface area contributed by atoms with Crippen molar-refractivity contribution in [1.29, 1.82) is 0 Å². The van der Waals surface area contributed by atoms with Crippen molar-refractivity contribution in [2.24, 2.45) is 0 Å². The Morgan fingerprint density at radius 1 is 1.21 bits per heavy atom. The van der Waals surface area contributed by atoms with E-state index in [1.165, 1.54) is 6.07 Å². The molecule has 0 unspecified atom stereocenters. The van der Waals surface area contributed by atoms with Gasteiger partial charge in [-0.3, -0.25) is 4.79 Å². The number of amides is 1. The van der Waals surface area contributed by atoms with Crippen molar-refractivity contribution in [3.05, 3.63) is 40.0 Å². The number of hydrogen-bond acceptors (Lipinski definition) is 4. The third-order valence-corrected chi connectivity index (χ3v) is 5.97. The van der Waals surface area contributed by atoms with Crippen molar-refractivity contribution in [3.8, 4) is 10.6 Å². The third kappa shape index (κ3) is 3.86. The third-order valence-electron chi connectivity index (χ3n) is 4.72. The summed E-state index contributed by atoms with van der Waals surface area (Å²) in [5, 5.41) is 6.75. The molecule has 0 aliphatic heterocycles. The molecule has 148 valence electrons. The summed E-state index contributed by atoms with van der Waals surface area (Å²) < 4.78 is 41.9. The van der Waals surface area contributed by atoms with Crippen LogP contribution in [0.2, 0.25) is 4.34 Å². The fraction of sp³-hybridized carbons (Fsp3) is 0.389. The van der Waals surface area contributed by atoms with Crippen LogP contribution < -0.4 is 5.32 Å². The van der Waals surface area contributed by atoms with E-state index in [9.17, 15) is 18.0 Å². The zero-order valence-corrected chi connectivity index (χ0v) is 16.2. The van der Waals surface area contributed by atoms with Crippen molar-refractivity contribution >= 4 is 34.5 Å². The van der Waals surface area contributed by atoms with Gasteiger partial charge in [0.1, 0.15) is 0 Å². The van der Waals surface area contributed by atoms with Crippen LogP contribution in [0.3, 0.4) is 0 Å². The maximum atomic E-state index is 13.6. The Kier molecular flexibility index (Phi) is 5.05. The van der Waals surface area contributed by atoms with Gasteiger partial charge in [0, 0.05) is 12.1 Å². The van der Waals surface area contributed by atoms with Gasteiger partial charge >= 0.3 is 6.18 Å². The molecule has 0 aromatic carbocycles. The molecule has 0 atom stereocenters. The van der Waals surface area contributed by atoms with Gasteiger partial charge in [-0.2, -0.15) is 18.3 Å². The summed E-state index contributed by atoms with van der Waals surface area (Å²) in [7, 11) is 0. The molecule has 1 aliphatic rings. The van der Waals surface area contributed by atoms with Crippen LogP contribution in [-0.2, 0) is 6.18 Å². The number of thiophene rings is 1. The molecule has 0 bridgehead atoms. The predicted molar refractivity (Wildman–Crippen MR) is 101 cm³/mol. The van der Waals surface area contributed by atoms with Crippen LogP contribution in [0.25, 0.3) is 16.2 Å². The lowest BCUT2D eigenvalue weighted by Crippen LogP contribution is -2.36. The van der Waals surface area contributed by atoms with Gasteiger partial charge in [-0.1, -0.05) is 30.9 Å². The first kappa shape index (κ1) is 19.2. The van der Waals surface area contributed by atoms with Crippen LogP contribution in [0.5, 0.6) is 0 Å². The standard InChI is InChI=1S/C18H16ClF3N4OS/c19-15-7-6-13(28-15)11-8-14(18(20,21)22)26-16(24-11)9-12(25-26)17(27)23-10-4-2-1-3-5-10/h6-10H,1-5H2,(H,23,27). The van der Waals surface area contributed by atoms with E-state index < -0.39 is 17.8 Å². The monoisotopic (exact) mass is 428 g/mol. The highest BCUT2D eigenvalue weighted by Crippen LogP contribution is 2.35.